The predicted octanol–water partition coefficient (Wildman–Crippen LogP) is 2.75. The number of ether oxygens (including phenoxy) is 1. The fourth-order valence-electron chi connectivity index (χ4n) is 2.47. The molecule has 0 radical (unpaired) electrons. The second kappa shape index (κ2) is 7.20. The number of benzene rings is 1. The number of piperidine rings is 1. The van der Waals surface area contributed by atoms with Gasteiger partial charge in [0.15, 0.2) is 0 Å². The Kier molecular flexibility index (Phi) is 5.30. The summed E-state index contributed by atoms with van der Waals surface area (Å²) in [6, 6.07) is 7.54. The van der Waals surface area contributed by atoms with Crippen molar-refractivity contribution < 1.29 is 28.2 Å². The van der Waals surface area contributed by atoms with Crippen LogP contribution in [0.2, 0.25) is 0 Å². The van der Waals surface area contributed by atoms with E-state index < -0.39 is 30.4 Å². The summed E-state index contributed by atoms with van der Waals surface area (Å²) in [6.07, 6.45) is -3.54. The van der Waals surface area contributed by atoms with Gasteiger partial charge in [0.25, 0.3) is 6.43 Å². The zero-order valence-corrected chi connectivity index (χ0v) is 11.8. The van der Waals surface area contributed by atoms with E-state index in [4.69, 9.17) is 9.84 Å². The van der Waals surface area contributed by atoms with Crippen molar-refractivity contribution in [2.45, 2.75) is 31.9 Å². The lowest BCUT2D eigenvalue weighted by Crippen LogP contribution is -2.51. The summed E-state index contributed by atoms with van der Waals surface area (Å²) in [5.74, 6) is -1.92. The van der Waals surface area contributed by atoms with E-state index in [0.717, 1.165) is 10.5 Å². The maximum atomic E-state index is 13.0. The zero-order chi connectivity index (χ0) is 16.1. The van der Waals surface area contributed by atoms with Gasteiger partial charge in [-0.1, -0.05) is 30.3 Å². The highest BCUT2D eigenvalue weighted by atomic mass is 19.3. The summed E-state index contributed by atoms with van der Waals surface area (Å²) in [5.41, 5.74) is 0.733. The van der Waals surface area contributed by atoms with Crippen LogP contribution in [-0.4, -0.2) is 41.1 Å². The Morgan fingerprint density at radius 3 is 2.55 bits per heavy atom. The lowest BCUT2D eigenvalue weighted by molar-refractivity contribution is -0.144. The molecule has 1 aliphatic rings. The molecule has 1 saturated heterocycles. The molecular weight excluding hydrogens is 296 g/mol. The van der Waals surface area contributed by atoms with Gasteiger partial charge in [0.2, 0.25) is 0 Å². The van der Waals surface area contributed by atoms with Crippen molar-refractivity contribution in [1.82, 2.24) is 4.90 Å². The van der Waals surface area contributed by atoms with Crippen molar-refractivity contribution in [2.75, 3.05) is 6.54 Å². The first-order valence-electron chi connectivity index (χ1n) is 6.97. The van der Waals surface area contributed by atoms with Gasteiger partial charge in [0.1, 0.15) is 6.61 Å². The molecule has 1 aromatic carbocycles. The van der Waals surface area contributed by atoms with Crippen LogP contribution in [0.5, 0.6) is 0 Å². The molecule has 0 aromatic heterocycles. The van der Waals surface area contributed by atoms with Crippen LogP contribution in [0.4, 0.5) is 13.6 Å². The third kappa shape index (κ3) is 3.93. The van der Waals surface area contributed by atoms with Crippen molar-refractivity contribution in [3.8, 4) is 0 Å². The number of carboxylic acids is 1. The molecule has 5 nitrogen and oxygen atoms in total. The molecule has 7 heteroatoms. The Balaban J connectivity index is 2.01. The lowest BCUT2D eigenvalue weighted by Gasteiger charge is -2.36. The molecule has 1 aromatic rings. The molecule has 0 saturated carbocycles. The molecule has 22 heavy (non-hydrogen) atoms. The summed E-state index contributed by atoms with van der Waals surface area (Å²) in [5, 5.41) is 9.00. The Morgan fingerprint density at radius 2 is 1.95 bits per heavy atom. The Bertz CT molecular complexity index is 524. The third-order valence-corrected chi connectivity index (χ3v) is 3.71. The van der Waals surface area contributed by atoms with Gasteiger partial charge in [0.05, 0.1) is 12.0 Å². The Hall–Kier alpha value is -2.18. The number of aliphatic carboxylic acids is 1. The van der Waals surface area contributed by atoms with Gasteiger partial charge in [-0.05, 0) is 18.4 Å². The molecule has 0 spiro atoms. The maximum absolute atomic E-state index is 13.0. The monoisotopic (exact) mass is 313 g/mol. The van der Waals surface area contributed by atoms with Gasteiger partial charge < -0.3 is 9.84 Å². The summed E-state index contributed by atoms with van der Waals surface area (Å²) >= 11 is 0. The molecule has 0 aliphatic carbocycles. The van der Waals surface area contributed by atoms with Crippen LogP contribution in [0.25, 0.3) is 0 Å². The van der Waals surface area contributed by atoms with Crippen molar-refractivity contribution in [3.63, 3.8) is 0 Å². The number of carbonyl (C=O) groups excluding carboxylic acids is 1. The molecule has 1 fully saturated rings. The molecule has 0 unspecified atom stereocenters. The highest BCUT2D eigenvalue weighted by molar-refractivity contribution is 5.73. The smallest absolute Gasteiger partial charge is 0.410 e. The first-order valence-corrected chi connectivity index (χ1v) is 6.97. The second-order valence-corrected chi connectivity index (χ2v) is 5.21. The van der Waals surface area contributed by atoms with E-state index in [9.17, 15) is 18.4 Å². The highest BCUT2D eigenvalue weighted by Gasteiger charge is 2.39. The third-order valence-electron chi connectivity index (χ3n) is 3.71. The minimum absolute atomic E-state index is 0.0378. The summed E-state index contributed by atoms with van der Waals surface area (Å²) in [6.45, 7) is -0.290. The minimum Gasteiger partial charge on any atom is -0.481 e. The van der Waals surface area contributed by atoms with Gasteiger partial charge >= 0.3 is 12.1 Å². The Labute approximate surface area is 126 Å². The van der Waals surface area contributed by atoms with Gasteiger partial charge in [-0.25, -0.2) is 13.6 Å². The number of nitrogens with zero attached hydrogens (tertiary/aromatic N) is 1. The number of carboxylic acid groups (broad SMARTS) is 1. The van der Waals surface area contributed by atoms with Gasteiger partial charge in [-0.3, -0.25) is 9.69 Å². The summed E-state index contributed by atoms with van der Waals surface area (Å²) < 4.78 is 31.1. The quantitative estimate of drug-likeness (QED) is 0.928. The fourth-order valence-corrected chi connectivity index (χ4v) is 2.47. The fraction of sp³-hybridized carbons (Fsp3) is 0.467. The van der Waals surface area contributed by atoms with Crippen molar-refractivity contribution in [3.05, 3.63) is 35.9 Å². The Morgan fingerprint density at radius 1 is 1.27 bits per heavy atom. The lowest BCUT2D eigenvalue weighted by atomic mass is 9.93. The van der Waals surface area contributed by atoms with E-state index in [1.807, 2.05) is 0 Å². The normalized spacial score (nSPS) is 21.7. The van der Waals surface area contributed by atoms with Crippen molar-refractivity contribution in [2.24, 2.45) is 5.92 Å². The minimum atomic E-state index is -2.72. The van der Waals surface area contributed by atoms with Crippen LogP contribution >= 0.6 is 0 Å². The number of hydrogen-bond acceptors (Lipinski definition) is 3. The SMILES string of the molecule is O=C(O)[C@H]1CC[C@H](C(F)F)N(C(=O)OCc2ccccc2)C1. The molecule has 2 rings (SSSR count). The van der Waals surface area contributed by atoms with E-state index in [1.165, 1.54) is 0 Å². The van der Waals surface area contributed by atoms with Gasteiger partial charge in [-0.15, -0.1) is 0 Å². The van der Waals surface area contributed by atoms with E-state index in [-0.39, 0.29) is 26.0 Å². The van der Waals surface area contributed by atoms with Crippen LogP contribution in [-0.2, 0) is 16.1 Å². The first-order chi connectivity index (χ1) is 10.5. The van der Waals surface area contributed by atoms with E-state index in [0.29, 0.717) is 0 Å². The van der Waals surface area contributed by atoms with Crippen molar-refractivity contribution >= 4 is 12.1 Å². The molecule has 120 valence electrons. The van der Waals surface area contributed by atoms with Crippen LogP contribution in [0.3, 0.4) is 0 Å². The topological polar surface area (TPSA) is 66.8 Å². The van der Waals surface area contributed by atoms with E-state index in [1.54, 1.807) is 30.3 Å². The van der Waals surface area contributed by atoms with Crippen LogP contribution in [0.15, 0.2) is 30.3 Å². The average molecular weight is 313 g/mol. The first kappa shape index (κ1) is 16.2. The van der Waals surface area contributed by atoms with Gasteiger partial charge in [-0.2, -0.15) is 0 Å². The molecule has 1 aliphatic heterocycles. The standard InChI is InChI=1S/C15H17F2NO4/c16-13(17)12-7-6-11(14(19)20)8-18(12)15(21)22-9-10-4-2-1-3-5-10/h1-5,11-13H,6-9H2,(H,19,20)/t11-,12+/m0/s1. The van der Waals surface area contributed by atoms with E-state index in [2.05, 4.69) is 0 Å². The maximum Gasteiger partial charge on any atom is 0.410 e. The largest absolute Gasteiger partial charge is 0.481 e. The van der Waals surface area contributed by atoms with Gasteiger partial charge in [0, 0.05) is 6.54 Å². The number of carbonyl (C=O) groups is 2. The number of amides is 1. The van der Waals surface area contributed by atoms with Crippen LogP contribution in [0, 0.1) is 5.92 Å². The summed E-state index contributed by atoms with van der Waals surface area (Å²) in [7, 11) is 0. The molecular formula is C15H17F2NO4. The average Bonchev–Trinajstić information content (AvgIpc) is 2.52. The number of likely N-dealkylation sites (tertiary alicyclic amines) is 1. The highest BCUT2D eigenvalue weighted by Crippen LogP contribution is 2.27. The summed E-state index contributed by atoms with van der Waals surface area (Å²) in [4.78, 5) is 23.9. The number of hydrogen-bond donors (Lipinski definition) is 1. The molecule has 0 bridgehead atoms. The van der Waals surface area contributed by atoms with Crippen molar-refractivity contribution in [1.29, 1.82) is 0 Å². The zero-order valence-electron chi connectivity index (χ0n) is 11.8. The molecule has 1 heterocycles. The predicted molar refractivity (Wildman–Crippen MR) is 73.5 cm³/mol. The number of halogens is 2. The van der Waals surface area contributed by atoms with E-state index >= 15 is 0 Å². The van der Waals surface area contributed by atoms with Crippen LogP contribution < -0.4 is 0 Å². The molecule has 1 N–H and O–H groups in total. The van der Waals surface area contributed by atoms with Crippen LogP contribution in [0.1, 0.15) is 18.4 Å². The number of rotatable bonds is 4. The molecule has 1 amide bonds. The number of alkyl halides is 2. The molecule has 2 atom stereocenters. The second-order valence-electron chi connectivity index (χ2n) is 5.21.